The van der Waals surface area contributed by atoms with Gasteiger partial charge in [0.15, 0.2) is 0 Å². The van der Waals surface area contributed by atoms with Crippen LogP contribution in [0.25, 0.3) is 0 Å². The zero-order chi connectivity index (χ0) is 7.78. The molecule has 0 unspecified atom stereocenters. The molecule has 1 rings (SSSR count). The van der Waals surface area contributed by atoms with Gasteiger partial charge in [-0.15, -0.1) is 0 Å². The lowest BCUT2D eigenvalue weighted by Crippen LogP contribution is -2.51. The molecule has 1 saturated carbocycles. The van der Waals surface area contributed by atoms with Crippen molar-refractivity contribution in [2.24, 2.45) is 16.9 Å². The molecular formula is C6H12N4. The number of nitrogens with two attached hydrogens (primary N) is 2. The van der Waals surface area contributed by atoms with Crippen LogP contribution >= 0.6 is 0 Å². The molecule has 0 heterocycles. The first-order chi connectivity index (χ1) is 4.59. The van der Waals surface area contributed by atoms with Gasteiger partial charge < -0.3 is 11.5 Å². The summed E-state index contributed by atoms with van der Waals surface area (Å²) in [6.45, 7) is 0. The van der Waals surface area contributed by atoms with Crippen LogP contribution in [0.3, 0.4) is 0 Å². The first-order valence-electron chi connectivity index (χ1n) is 3.28. The van der Waals surface area contributed by atoms with Crippen molar-refractivity contribution in [3.63, 3.8) is 0 Å². The van der Waals surface area contributed by atoms with E-state index in [9.17, 15) is 0 Å². The minimum atomic E-state index is -0.556. The molecule has 0 atom stereocenters. The van der Waals surface area contributed by atoms with Crippen LogP contribution in [-0.2, 0) is 0 Å². The highest BCUT2D eigenvalue weighted by Crippen LogP contribution is 2.40. The summed E-state index contributed by atoms with van der Waals surface area (Å²) in [4.78, 5) is 0. The molecule has 1 aliphatic rings. The number of hydrogen-bond acceptors (Lipinski definition) is 2. The molecule has 4 heteroatoms. The number of nitrogens with one attached hydrogen (secondary N) is 2. The van der Waals surface area contributed by atoms with Crippen LogP contribution in [0.4, 0.5) is 0 Å². The third-order valence-corrected chi connectivity index (χ3v) is 2.24. The van der Waals surface area contributed by atoms with Gasteiger partial charge in [0.25, 0.3) is 0 Å². The Hall–Kier alpha value is -1.06. The lowest BCUT2D eigenvalue weighted by molar-refractivity contribution is 0.325. The third kappa shape index (κ3) is 0.683. The van der Waals surface area contributed by atoms with Crippen molar-refractivity contribution in [1.82, 2.24) is 0 Å². The second-order valence-electron chi connectivity index (χ2n) is 2.76. The number of hydrogen-bond donors (Lipinski definition) is 4. The summed E-state index contributed by atoms with van der Waals surface area (Å²) >= 11 is 0. The van der Waals surface area contributed by atoms with Gasteiger partial charge in [-0.1, -0.05) is 6.42 Å². The van der Waals surface area contributed by atoms with Crippen molar-refractivity contribution >= 4 is 11.7 Å². The first-order valence-corrected chi connectivity index (χ1v) is 3.28. The fourth-order valence-corrected chi connectivity index (χ4v) is 1.21. The van der Waals surface area contributed by atoms with Gasteiger partial charge in [0.1, 0.15) is 11.7 Å². The Labute approximate surface area is 59.6 Å². The van der Waals surface area contributed by atoms with Gasteiger partial charge in [0.05, 0.1) is 5.41 Å². The zero-order valence-corrected chi connectivity index (χ0v) is 5.78. The van der Waals surface area contributed by atoms with Crippen LogP contribution < -0.4 is 11.5 Å². The van der Waals surface area contributed by atoms with E-state index in [1.54, 1.807) is 0 Å². The summed E-state index contributed by atoms with van der Waals surface area (Å²) in [7, 11) is 0. The average Bonchev–Trinajstić information content (AvgIpc) is 1.57. The van der Waals surface area contributed by atoms with E-state index in [4.69, 9.17) is 22.3 Å². The zero-order valence-electron chi connectivity index (χ0n) is 5.78. The molecule has 0 spiro atoms. The molecule has 6 N–H and O–H groups in total. The maximum absolute atomic E-state index is 7.19. The summed E-state index contributed by atoms with van der Waals surface area (Å²) in [6, 6.07) is 0. The highest BCUT2D eigenvalue weighted by molar-refractivity contribution is 6.06. The molecule has 0 amide bonds. The van der Waals surface area contributed by atoms with Crippen LogP contribution in [0.5, 0.6) is 0 Å². The normalized spacial score (nSPS) is 21.2. The predicted molar refractivity (Wildman–Crippen MR) is 40.1 cm³/mol. The summed E-state index contributed by atoms with van der Waals surface area (Å²) in [5.41, 5.74) is 10.0. The molecule has 4 nitrogen and oxygen atoms in total. The molecule has 10 heavy (non-hydrogen) atoms. The van der Waals surface area contributed by atoms with E-state index in [1.807, 2.05) is 0 Å². The quantitative estimate of drug-likeness (QED) is 0.321. The predicted octanol–water partition coefficient (Wildman–Crippen LogP) is 0.0286. The number of rotatable bonds is 2. The van der Waals surface area contributed by atoms with E-state index >= 15 is 0 Å². The standard InChI is InChI=1S/C6H12N4/c7-4(8)6(5(9)10)2-1-3-6/h1-3H2,(H3,7,8)(H3,9,10). The van der Waals surface area contributed by atoms with Gasteiger partial charge in [-0.2, -0.15) is 0 Å². The monoisotopic (exact) mass is 140 g/mol. The molecule has 1 aliphatic carbocycles. The highest BCUT2D eigenvalue weighted by atomic mass is 14.9. The smallest absolute Gasteiger partial charge is 0.105 e. The van der Waals surface area contributed by atoms with Crippen molar-refractivity contribution in [3.8, 4) is 0 Å². The van der Waals surface area contributed by atoms with Crippen LogP contribution in [0.15, 0.2) is 0 Å². The fraction of sp³-hybridized carbons (Fsp3) is 0.667. The van der Waals surface area contributed by atoms with Gasteiger partial charge in [-0.3, -0.25) is 10.8 Å². The Morgan fingerprint density at radius 2 is 1.50 bits per heavy atom. The molecule has 0 radical (unpaired) electrons. The minimum Gasteiger partial charge on any atom is -0.387 e. The lowest BCUT2D eigenvalue weighted by atomic mass is 9.67. The molecule has 0 aliphatic heterocycles. The maximum atomic E-state index is 7.19. The van der Waals surface area contributed by atoms with Crippen LogP contribution in [0, 0.1) is 16.2 Å². The highest BCUT2D eigenvalue weighted by Gasteiger charge is 2.43. The van der Waals surface area contributed by atoms with E-state index in [0.29, 0.717) is 0 Å². The largest absolute Gasteiger partial charge is 0.387 e. The van der Waals surface area contributed by atoms with E-state index in [2.05, 4.69) is 0 Å². The molecule has 0 aromatic rings. The molecule has 0 aromatic carbocycles. The Morgan fingerprint density at radius 1 is 1.10 bits per heavy atom. The van der Waals surface area contributed by atoms with Crippen LogP contribution in [-0.4, -0.2) is 11.7 Å². The molecule has 0 aromatic heterocycles. The summed E-state index contributed by atoms with van der Waals surface area (Å²) in [5.74, 6) is 0.0949. The van der Waals surface area contributed by atoms with Crippen LogP contribution in [0.1, 0.15) is 19.3 Å². The number of amidine groups is 2. The molecule has 56 valence electrons. The van der Waals surface area contributed by atoms with Gasteiger partial charge in [0, 0.05) is 0 Å². The Kier molecular flexibility index (Phi) is 1.39. The fourth-order valence-electron chi connectivity index (χ4n) is 1.21. The SMILES string of the molecule is N=C(N)C1(C(=N)N)CCC1. The second-order valence-corrected chi connectivity index (χ2v) is 2.76. The van der Waals surface area contributed by atoms with Gasteiger partial charge in [-0.05, 0) is 12.8 Å². The van der Waals surface area contributed by atoms with Crippen LogP contribution in [0.2, 0.25) is 0 Å². The van der Waals surface area contributed by atoms with E-state index in [-0.39, 0.29) is 11.7 Å². The first kappa shape index (κ1) is 7.05. The van der Waals surface area contributed by atoms with Crippen molar-refractivity contribution in [1.29, 1.82) is 10.8 Å². The van der Waals surface area contributed by atoms with Gasteiger partial charge in [-0.25, -0.2) is 0 Å². The summed E-state index contributed by atoms with van der Waals surface area (Å²) < 4.78 is 0. The molecule has 0 bridgehead atoms. The van der Waals surface area contributed by atoms with Crippen molar-refractivity contribution in [2.75, 3.05) is 0 Å². The van der Waals surface area contributed by atoms with Gasteiger partial charge >= 0.3 is 0 Å². The molecule has 0 saturated heterocycles. The second kappa shape index (κ2) is 1.97. The van der Waals surface area contributed by atoms with E-state index in [0.717, 1.165) is 19.3 Å². The summed E-state index contributed by atoms with van der Waals surface area (Å²) in [6.07, 6.45) is 2.58. The lowest BCUT2D eigenvalue weighted by Gasteiger charge is -2.39. The topological polar surface area (TPSA) is 99.7 Å². The Morgan fingerprint density at radius 3 is 1.50 bits per heavy atom. The van der Waals surface area contributed by atoms with Crippen molar-refractivity contribution in [2.45, 2.75) is 19.3 Å². The Balaban J connectivity index is 2.78. The average molecular weight is 140 g/mol. The van der Waals surface area contributed by atoms with E-state index in [1.165, 1.54) is 0 Å². The Bertz CT molecular complexity index is 164. The summed E-state index contributed by atoms with van der Waals surface area (Å²) in [5, 5.41) is 14.4. The molecular weight excluding hydrogens is 128 g/mol. The van der Waals surface area contributed by atoms with Crippen molar-refractivity contribution in [3.05, 3.63) is 0 Å². The van der Waals surface area contributed by atoms with Crippen molar-refractivity contribution < 1.29 is 0 Å². The maximum Gasteiger partial charge on any atom is 0.105 e. The van der Waals surface area contributed by atoms with E-state index < -0.39 is 5.41 Å². The van der Waals surface area contributed by atoms with Gasteiger partial charge in [0.2, 0.25) is 0 Å². The molecule has 1 fully saturated rings. The minimum absolute atomic E-state index is 0.0475. The third-order valence-electron chi connectivity index (χ3n) is 2.24.